The predicted molar refractivity (Wildman–Crippen MR) is 45.6 cm³/mol. The highest BCUT2D eigenvalue weighted by molar-refractivity contribution is 7.80. The third kappa shape index (κ3) is 2.54. The van der Waals surface area contributed by atoms with Gasteiger partial charge in [-0.2, -0.15) is 13.2 Å². The molecule has 0 aromatic carbocycles. The molecule has 0 aromatic rings. The molecule has 0 saturated carbocycles. The van der Waals surface area contributed by atoms with Crippen LogP contribution in [0.15, 0.2) is 0 Å². The van der Waals surface area contributed by atoms with Crippen LogP contribution in [-0.2, 0) is 4.74 Å². The fourth-order valence-corrected chi connectivity index (χ4v) is 1.40. The number of morpholine rings is 1. The number of nitrogens with one attached hydrogen (secondary N) is 1. The Morgan fingerprint density at radius 1 is 1.62 bits per heavy atom. The lowest BCUT2D eigenvalue weighted by molar-refractivity contribution is -0.227. The first-order valence-corrected chi connectivity index (χ1v) is 4.36. The standard InChI is InChI=1S/C7H10F3NOS/c1-2-4-6(13)11-3-5(12-4)7(8,9)10/h4-5H,2-3H2,1H3,(H,11,13). The van der Waals surface area contributed by atoms with Crippen LogP contribution < -0.4 is 5.32 Å². The molecule has 1 N–H and O–H groups in total. The zero-order chi connectivity index (χ0) is 10.1. The van der Waals surface area contributed by atoms with Crippen LogP contribution in [0, 0.1) is 0 Å². The van der Waals surface area contributed by atoms with E-state index in [0.717, 1.165) is 0 Å². The van der Waals surface area contributed by atoms with Gasteiger partial charge in [-0.25, -0.2) is 0 Å². The van der Waals surface area contributed by atoms with E-state index in [1.807, 2.05) is 0 Å². The Hall–Kier alpha value is -0.360. The first kappa shape index (κ1) is 10.7. The van der Waals surface area contributed by atoms with Gasteiger partial charge in [0, 0.05) is 0 Å². The molecule has 1 heterocycles. The quantitative estimate of drug-likeness (QED) is 0.669. The van der Waals surface area contributed by atoms with Gasteiger partial charge in [-0.1, -0.05) is 19.1 Å². The number of hydrogen-bond donors (Lipinski definition) is 1. The van der Waals surface area contributed by atoms with E-state index in [9.17, 15) is 13.2 Å². The third-order valence-corrected chi connectivity index (χ3v) is 2.23. The zero-order valence-corrected chi connectivity index (χ0v) is 7.84. The molecule has 0 aromatic heterocycles. The van der Waals surface area contributed by atoms with Gasteiger partial charge in [0.2, 0.25) is 0 Å². The highest BCUT2D eigenvalue weighted by Gasteiger charge is 2.44. The van der Waals surface area contributed by atoms with E-state index in [1.54, 1.807) is 6.92 Å². The summed E-state index contributed by atoms with van der Waals surface area (Å²) in [4.78, 5) is 0.364. The van der Waals surface area contributed by atoms with E-state index in [2.05, 4.69) is 5.32 Å². The second-order valence-corrected chi connectivity index (χ2v) is 3.25. The van der Waals surface area contributed by atoms with Gasteiger partial charge >= 0.3 is 6.18 Å². The van der Waals surface area contributed by atoms with Crippen LogP contribution in [0.25, 0.3) is 0 Å². The van der Waals surface area contributed by atoms with Crippen molar-refractivity contribution in [2.45, 2.75) is 31.7 Å². The van der Waals surface area contributed by atoms with E-state index in [4.69, 9.17) is 17.0 Å². The second kappa shape index (κ2) is 3.79. The molecule has 1 aliphatic rings. The molecule has 1 rings (SSSR count). The summed E-state index contributed by atoms with van der Waals surface area (Å²) in [5, 5.41) is 2.53. The summed E-state index contributed by atoms with van der Waals surface area (Å²) in [6.45, 7) is 1.45. The second-order valence-electron chi connectivity index (χ2n) is 2.81. The van der Waals surface area contributed by atoms with Crippen molar-refractivity contribution in [3.8, 4) is 0 Å². The fraction of sp³-hybridized carbons (Fsp3) is 0.857. The Morgan fingerprint density at radius 2 is 2.23 bits per heavy atom. The van der Waals surface area contributed by atoms with Crippen molar-refractivity contribution in [1.29, 1.82) is 0 Å². The number of thiocarbonyl (C=S) groups is 1. The maximum absolute atomic E-state index is 12.2. The van der Waals surface area contributed by atoms with Gasteiger partial charge in [0.25, 0.3) is 0 Å². The van der Waals surface area contributed by atoms with Gasteiger partial charge in [0.1, 0.15) is 11.1 Å². The summed E-state index contributed by atoms with van der Waals surface area (Å²) >= 11 is 4.80. The van der Waals surface area contributed by atoms with Gasteiger partial charge in [0.15, 0.2) is 6.10 Å². The summed E-state index contributed by atoms with van der Waals surface area (Å²) in [6.07, 6.45) is -6.19. The van der Waals surface area contributed by atoms with Crippen LogP contribution >= 0.6 is 12.2 Å². The van der Waals surface area contributed by atoms with Crippen molar-refractivity contribution in [3.05, 3.63) is 0 Å². The van der Waals surface area contributed by atoms with Gasteiger partial charge in [-0.05, 0) is 6.42 Å². The van der Waals surface area contributed by atoms with Crippen LogP contribution in [0.5, 0.6) is 0 Å². The van der Waals surface area contributed by atoms with Gasteiger partial charge in [0.05, 0.1) is 6.54 Å². The topological polar surface area (TPSA) is 21.3 Å². The van der Waals surface area contributed by atoms with Crippen molar-refractivity contribution >= 4 is 17.2 Å². The molecular weight excluding hydrogens is 203 g/mol. The lowest BCUT2D eigenvalue weighted by Gasteiger charge is -2.32. The maximum Gasteiger partial charge on any atom is 0.416 e. The Balaban J connectivity index is 2.60. The monoisotopic (exact) mass is 213 g/mol. The van der Waals surface area contributed by atoms with Crippen LogP contribution in [0.1, 0.15) is 13.3 Å². The summed E-state index contributed by atoms with van der Waals surface area (Å²) in [6, 6.07) is 0. The molecule has 1 aliphatic heterocycles. The fourth-order valence-electron chi connectivity index (χ4n) is 1.09. The number of halogens is 3. The minimum absolute atomic E-state index is 0.279. The van der Waals surface area contributed by atoms with E-state index >= 15 is 0 Å². The smallest absolute Gasteiger partial charge is 0.375 e. The summed E-state index contributed by atoms with van der Waals surface area (Å²) in [7, 11) is 0. The molecule has 13 heavy (non-hydrogen) atoms. The first-order valence-electron chi connectivity index (χ1n) is 3.95. The number of rotatable bonds is 1. The normalized spacial score (nSPS) is 30.0. The molecule has 0 bridgehead atoms. The molecule has 76 valence electrons. The van der Waals surface area contributed by atoms with Gasteiger partial charge in [-0.15, -0.1) is 0 Å². The highest BCUT2D eigenvalue weighted by atomic mass is 32.1. The number of hydrogen-bond acceptors (Lipinski definition) is 2. The van der Waals surface area contributed by atoms with Crippen molar-refractivity contribution in [2.75, 3.05) is 6.54 Å². The Kier molecular flexibility index (Phi) is 3.13. The van der Waals surface area contributed by atoms with Gasteiger partial charge < -0.3 is 10.1 Å². The van der Waals surface area contributed by atoms with Crippen LogP contribution in [-0.4, -0.2) is 29.9 Å². The molecule has 0 aliphatic carbocycles. The zero-order valence-electron chi connectivity index (χ0n) is 7.02. The minimum atomic E-state index is -4.31. The lowest BCUT2D eigenvalue weighted by Crippen LogP contribution is -2.53. The molecular formula is C7H10F3NOS. The van der Waals surface area contributed by atoms with Crippen molar-refractivity contribution in [2.24, 2.45) is 0 Å². The summed E-state index contributed by atoms with van der Waals surface area (Å²) < 4.78 is 41.3. The molecule has 1 fully saturated rings. The van der Waals surface area contributed by atoms with Crippen molar-refractivity contribution < 1.29 is 17.9 Å². The van der Waals surface area contributed by atoms with Crippen LogP contribution in [0.4, 0.5) is 13.2 Å². The minimum Gasteiger partial charge on any atom is -0.375 e. The Bertz CT molecular complexity index is 206. The average Bonchev–Trinajstić information content (AvgIpc) is 2.03. The van der Waals surface area contributed by atoms with Gasteiger partial charge in [-0.3, -0.25) is 0 Å². The SMILES string of the molecule is CCC1OC(C(F)(F)F)CNC1=S. The molecule has 1 saturated heterocycles. The molecule has 6 heteroatoms. The maximum atomic E-state index is 12.2. The number of ether oxygens (including phenoxy) is 1. The Labute approximate surface area is 79.4 Å². The third-order valence-electron chi connectivity index (χ3n) is 1.82. The largest absolute Gasteiger partial charge is 0.416 e. The molecule has 0 spiro atoms. The van der Waals surface area contributed by atoms with E-state index in [-0.39, 0.29) is 6.54 Å². The lowest BCUT2D eigenvalue weighted by atomic mass is 10.2. The van der Waals surface area contributed by atoms with Crippen LogP contribution in [0.3, 0.4) is 0 Å². The summed E-state index contributed by atoms with van der Waals surface area (Å²) in [5.41, 5.74) is 0. The Morgan fingerprint density at radius 3 is 2.69 bits per heavy atom. The number of alkyl halides is 3. The molecule has 0 amide bonds. The molecule has 0 radical (unpaired) electrons. The molecule has 2 nitrogen and oxygen atoms in total. The first-order chi connectivity index (χ1) is 5.95. The summed E-state index contributed by atoms with van der Waals surface area (Å²) in [5.74, 6) is 0. The van der Waals surface area contributed by atoms with E-state index < -0.39 is 18.4 Å². The predicted octanol–water partition coefficient (Wildman–Crippen LogP) is 1.64. The molecule has 2 unspecified atom stereocenters. The van der Waals surface area contributed by atoms with E-state index in [0.29, 0.717) is 11.4 Å². The van der Waals surface area contributed by atoms with Crippen molar-refractivity contribution in [1.82, 2.24) is 5.32 Å². The van der Waals surface area contributed by atoms with Crippen molar-refractivity contribution in [3.63, 3.8) is 0 Å². The van der Waals surface area contributed by atoms with E-state index in [1.165, 1.54) is 0 Å². The highest BCUT2D eigenvalue weighted by Crippen LogP contribution is 2.26. The molecule has 2 atom stereocenters. The average molecular weight is 213 g/mol. The van der Waals surface area contributed by atoms with Crippen LogP contribution in [0.2, 0.25) is 0 Å².